The summed E-state index contributed by atoms with van der Waals surface area (Å²) in [6.07, 6.45) is 10.2. The number of aryl methyl sites for hydroxylation is 1. The molecule has 0 radical (unpaired) electrons. The van der Waals surface area contributed by atoms with Gasteiger partial charge in [0.15, 0.2) is 0 Å². The van der Waals surface area contributed by atoms with E-state index in [9.17, 15) is 14.4 Å². The monoisotopic (exact) mass is 449 g/mol. The lowest BCUT2D eigenvalue weighted by atomic mass is 9.87. The molecule has 6 heteroatoms. The third-order valence-electron chi connectivity index (χ3n) is 6.70. The van der Waals surface area contributed by atoms with Crippen molar-refractivity contribution >= 4 is 11.8 Å². The second-order valence-corrected chi connectivity index (χ2v) is 9.83. The lowest BCUT2D eigenvalue weighted by Gasteiger charge is -2.26. The maximum absolute atomic E-state index is 13.4. The van der Waals surface area contributed by atoms with Gasteiger partial charge < -0.3 is 14.8 Å². The van der Waals surface area contributed by atoms with Crippen LogP contribution in [0.1, 0.15) is 90.3 Å². The van der Waals surface area contributed by atoms with Gasteiger partial charge in [-0.3, -0.25) is 14.4 Å². The van der Waals surface area contributed by atoms with Gasteiger partial charge in [0.25, 0.3) is 11.8 Å². The van der Waals surface area contributed by atoms with Crippen LogP contribution in [0.15, 0.2) is 41.5 Å². The van der Waals surface area contributed by atoms with Gasteiger partial charge in [0.2, 0.25) is 5.43 Å². The molecule has 1 aliphatic heterocycles. The summed E-state index contributed by atoms with van der Waals surface area (Å²) >= 11 is 0. The van der Waals surface area contributed by atoms with Gasteiger partial charge >= 0.3 is 0 Å². The number of carbonyl (C=O) groups excluding carboxylic acids is 2. The highest BCUT2D eigenvalue weighted by Gasteiger charge is 2.27. The first-order valence-electron chi connectivity index (χ1n) is 12.4. The lowest BCUT2D eigenvalue weighted by molar-refractivity contribution is 0.0759. The minimum Gasteiger partial charge on any atom is -0.352 e. The molecule has 0 saturated carbocycles. The van der Waals surface area contributed by atoms with Crippen molar-refractivity contribution in [3.8, 4) is 0 Å². The summed E-state index contributed by atoms with van der Waals surface area (Å²) in [6.45, 7) is 6.11. The van der Waals surface area contributed by atoms with E-state index in [1.807, 2.05) is 16.7 Å². The third-order valence-corrected chi connectivity index (χ3v) is 6.70. The summed E-state index contributed by atoms with van der Waals surface area (Å²) in [4.78, 5) is 41.8. The molecular weight excluding hydrogens is 414 g/mol. The molecule has 2 heterocycles. The zero-order valence-corrected chi connectivity index (χ0v) is 19.8. The molecule has 1 N–H and O–H groups in total. The summed E-state index contributed by atoms with van der Waals surface area (Å²) in [7, 11) is 0. The SMILES string of the molecule is CC(C)Cn1cc(C(=O)N[C@@H]2CCCc3ccccc32)c(=O)c(C(=O)N2CCCCCC2)c1. The normalized spacial score (nSPS) is 18.5. The molecule has 1 atom stereocenters. The van der Waals surface area contributed by atoms with Gasteiger partial charge in [-0.05, 0) is 49.1 Å². The number of fused-ring (bicyclic) bond motifs is 1. The molecule has 2 amide bonds. The first kappa shape index (κ1) is 23.3. The fourth-order valence-corrected chi connectivity index (χ4v) is 5.06. The Bertz CT molecular complexity index is 1060. The Balaban J connectivity index is 1.65. The van der Waals surface area contributed by atoms with Crippen LogP contribution in [0.5, 0.6) is 0 Å². The number of hydrogen-bond acceptors (Lipinski definition) is 3. The molecular formula is C27H35N3O3. The summed E-state index contributed by atoms with van der Waals surface area (Å²) in [5, 5.41) is 3.09. The standard InChI is InChI=1S/C27H35N3O3/c1-19(2)16-29-17-22(25(31)23(18-29)27(33)30-14-7-3-4-8-15-30)26(32)28-24-13-9-11-20-10-5-6-12-21(20)24/h5-6,10,12,17-19,24H,3-4,7-9,11,13-16H2,1-2H3,(H,28,32)/t24-/m1/s1. The lowest BCUT2D eigenvalue weighted by Crippen LogP contribution is -2.39. The van der Waals surface area contributed by atoms with E-state index in [4.69, 9.17) is 0 Å². The van der Waals surface area contributed by atoms with Gasteiger partial charge in [0.05, 0.1) is 6.04 Å². The van der Waals surface area contributed by atoms with E-state index in [0.29, 0.717) is 25.6 Å². The molecule has 0 unspecified atom stereocenters. The summed E-state index contributed by atoms with van der Waals surface area (Å²) in [6, 6.07) is 8.04. The van der Waals surface area contributed by atoms with Crippen molar-refractivity contribution in [2.24, 2.45) is 5.92 Å². The maximum Gasteiger partial charge on any atom is 0.259 e. The number of nitrogens with one attached hydrogen (secondary N) is 1. The maximum atomic E-state index is 13.4. The van der Waals surface area contributed by atoms with E-state index >= 15 is 0 Å². The summed E-state index contributed by atoms with van der Waals surface area (Å²) < 4.78 is 1.83. The minimum absolute atomic E-state index is 0.0550. The van der Waals surface area contributed by atoms with E-state index in [1.165, 1.54) is 5.56 Å². The smallest absolute Gasteiger partial charge is 0.259 e. The third kappa shape index (κ3) is 5.37. The molecule has 1 aromatic heterocycles. The number of benzene rings is 1. The fraction of sp³-hybridized carbons (Fsp3) is 0.519. The summed E-state index contributed by atoms with van der Waals surface area (Å²) in [5.41, 5.74) is 2.06. The molecule has 2 aromatic rings. The van der Waals surface area contributed by atoms with Crippen LogP contribution >= 0.6 is 0 Å². The second-order valence-electron chi connectivity index (χ2n) is 9.83. The fourth-order valence-electron chi connectivity index (χ4n) is 5.06. The molecule has 0 bridgehead atoms. The predicted octanol–water partition coefficient (Wildman–Crippen LogP) is 4.33. The predicted molar refractivity (Wildman–Crippen MR) is 129 cm³/mol. The largest absolute Gasteiger partial charge is 0.352 e. The molecule has 1 aromatic carbocycles. The van der Waals surface area contributed by atoms with Crippen molar-refractivity contribution in [3.63, 3.8) is 0 Å². The Morgan fingerprint density at radius 2 is 1.70 bits per heavy atom. The van der Waals surface area contributed by atoms with Crippen LogP contribution in [0.3, 0.4) is 0 Å². The number of hydrogen-bond donors (Lipinski definition) is 1. The van der Waals surface area contributed by atoms with Crippen molar-refractivity contribution in [2.45, 2.75) is 71.4 Å². The van der Waals surface area contributed by atoms with Crippen molar-refractivity contribution in [1.29, 1.82) is 0 Å². The van der Waals surface area contributed by atoms with E-state index in [0.717, 1.165) is 50.5 Å². The van der Waals surface area contributed by atoms with Gasteiger partial charge in [0, 0.05) is 32.0 Å². The minimum atomic E-state index is -0.467. The van der Waals surface area contributed by atoms with Gasteiger partial charge in [-0.25, -0.2) is 0 Å². The first-order valence-corrected chi connectivity index (χ1v) is 12.4. The molecule has 33 heavy (non-hydrogen) atoms. The first-order chi connectivity index (χ1) is 15.9. The van der Waals surface area contributed by atoms with Crippen LogP contribution in [0, 0.1) is 5.92 Å². The number of likely N-dealkylation sites (tertiary alicyclic amines) is 1. The Kier molecular flexibility index (Phi) is 7.31. The molecule has 1 saturated heterocycles. The van der Waals surface area contributed by atoms with Crippen LogP contribution in [-0.2, 0) is 13.0 Å². The number of carbonyl (C=O) groups is 2. The van der Waals surface area contributed by atoms with E-state index in [-0.39, 0.29) is 23.1 Å². The van der Waals surface area contributed by atoms with Gasteiger partial charge in [-0.2, -0.15) is 0 Å². The topological polar surface area (TPSA) is 71.4 Å². The average Bonchev–Trinajstić information content (AvgIpc) is 3.09. The number of amides is 2. The molecule has 0 spiro atoms. The van der Waals surface area contributed by atoms with Crippen LogP contribution in [0.4, 0.5) is 0 Å². The molecule has 1 aliphatic carbocycles. The summed E-state index contributed by atoms with van der Waals surface area (Å²) in [5.74, 6) is -0.337. The molecule has 1 fully saturated rings. The van der Waals surface area contributed by atoms with Gasteiger partial charge in [-0.1, -0.05) is 51.0 Å². The number of pyridine rings is 1. The zero-order valence-electron chi connectivity index (χ0n) is 19.8. The van der Waals surface area contributed by atoms with E-state index < -0.39 is 11.3 Å². The van der Waals surface area contributed by atoms with Crippen molar-refractivity contribution < 1.29 is 9.59 Å². The van der Waals surface area contributed by atoms with Crippen molar-refractivity contribution in [3.05, 3.63) is 69.1 Å². The van der Waals surface area contributed by atoms with Crippen LogP contribution in [0.25, 0.3) is 0 Å². The van der Waals surface area contributed by atoms with Gasteiger partial charge in [-0.15, -0.1) is 0 Å². The Labute approximate surface area is 196 Å². The van der Waals surface area contributed by atoms with Crippen LogP contribution < -0.4 is 10.7 Å². The van der Waals surface area contributed by atoms with E-state index in [2.05, 4.69) is 31.3 Å². The van der Waals surface area contributed by atoms with Crippen LogP contribution in [0.2, 0.25) is 0 Å². The Morgan fingerprint density at radius 1 is 1.00 bits per heavy atom. The van der Waals surface area contributed by atoms with Crippen molar-refractivity contribution in [2.75, 3.05) is 13.1 Å². The molecule has 4 rings (SSSR count). The Hall–Kier alpha value is -2.89. The molecule has 176 valence electrons. The average molecular weight is 450 g/mol. The molecule has 2 aliphatic rings. The quantitative estimate of drug-likeness (QED) is 0.739. The van der Waals surface area contributed by atoms with Gasteiger partial charge in [0.1, 0.15) is 11.1 Å². The highest BCUT2D eigenvalue weighted by molar-refractivity contribution is 5.99. The number of nitrogens with zero attached hydrogens (tertiary/aromatic N) is 2. The highest BCUT2D eigenvalue weighted by atomic mass is 16.2. The number of aromatic nitrogens is 1. The van der Waals surface area contributed by atoms with Crippen molar-refractivity contribution in [1.82, 2.24) is 14.8 Å². The highest BCUT2D eigenvalue weighted by Crippen LogP contribution is 2.29. The van der Waals surface area contributed by atoms with E-state index in [1.54, 1.807) is 17.3 Å². The molecule has 6 nitrogen and oxygen atoms in total. The van der Waals surface area contributed by atoms with Crippen LogP contribution in [-0.4, -0.2) is 34.4 Å². The Morgan fingerprint density at radius 3 is 2.42 bits per heavy atom. The number of rotatable bonds is 5. The zero-order chi connectivity index (χ0) is 23.4. The second kappa shape index (κ2) is 10.4.